The minimum absolute atomic E-state index is 0.207. The minimum atomic E-state index is -0.207. The Morgan fingerprint density at radius 2 is 1.75 bits per heavy atom. The largest absolute Gasteiger partial charge is 0.497 e. The molecule has 0 N–H and O–H groups in total. The maximum Gasteiger partial charge on any atom is 0.133 e. The molecule has 212 valence electrons. The minimum Gasteiger partial charge on any atom is -0.497 e. The molecule has 3 heterocycles. The molecular weight excluding hydrogens is 501 g/mol. The van der Waals surface area contributed by atoms with Gasteiger partial charge in [-0.1, -0.05) is 38.1 Å². The number of anilines is 1. The lowest BCUT2D eigenvalue weighted by Crippen LogP contribution is -2.52. The van der Waals surface area contributed by atoms with Gasteiger partial charge in [0.2, 0.25) is 0 Å². The Hall–Kier alpha value is -3.47. The molecular formula is C33H42FN5O. The van der Waals surface area contributed by atoms with Crippen LogP contribution in [0.25, 0.3) is 11.1 Å². The maximum atomic E-state index is 13.7. The van der Waals surface area contributed by atoms with Crippen LogP contribution < -0.4 is 9.64 Å². The number of methoxy groups -OCH3 is 1. The number of ether oxygens (including phenoxy) is 1. The lowest BCUT2D eigenvalue weighted by molar-refractivity contribution is 0.180. The lowest BCUT2D eigenvalue weighted by atomic mass is 9.93. The molecule has 2 aliphatic heterocycles. The molecule has 3 aromatic rings. The summed E-state index contributed by atoms with van der Waals surface area (Å²) >= 11 is 0. The highest BCUT2D eigenvalue weighted by Gasteiger charge is 2.32. The first-order valence-electron chi connectivity index (χ1n) is 14.2. The highest BCUT2D eigenvalue weighted by atomic mass is 19.1. The Balaban J connectivity index is 0.00000181. The van der Waals surface area contributed by atoms with Crippen LogP contribution in [-0.4, -0.2) is 61.2 Å². The van der Waals surface area contributed by atoms with Gasteiger partial charge < -0.3 is 9.64 Å². The van der Waals surface area contributed by atoms with Gasteiger partial charge in [0.05, 0.1) is 12.8 Å². The van der Waals surface area contributed by atoms with Gasteiger partial charge in [-0.05, 0) is 80.7 Å². The van der Waals surface area contributed by atoms with E-state index in [-0.39, 0.29) is 11.7 Å². The normalized spacial score (nSPS) is 19.9. The van der Waals surface area contributed by atoms with Crippen molar-refractivity contribution in [2.45, 2.75) is 58.2 Å². The molecule has 2 atom stereocenters. The third-order valence-corrected chi connectivity index (χ3v) is 8.25. The molecule has 7 heteroatoms. The van der Waals surface area contributed by atoms with E-state index < -0.39 is 0 Å². The zero-order valence-corrected chi connectivity index (χ0v) is 24.5. The standard InChI is InChI=1S/C32H41FN4O.CHN/c1-22(2)31-28(25-10-12-26(33)13-11-25)19-29(30-7-6-16-35(30)4)32(34-31)37-18-17-36(23(3)20-37)21-24-8-14-27(38-5)15-9-24;1-2/h8-15,19,22-23,30H,6-7,16-18,20-21H2,1-5H3;1H/t23?,30-;/m1./s1. The molecule has 1 aromatic heterocycles. The van der Waals surface area contributed by atoms with E-state index >= 15 is 0 Å². The number of rotatable bonds is 7. The molecule has 2 aliphatic rings. The highest BCUT2D eigenvalue weighted by molar-refractivity contribution is 5.71. The number of likely N-dealkylation sites (tertiary alicyclic amines) is 1. The van der Waals surface area contributed by atoms with Crippen LogP contribution in [0.2, 0.25) is 0 Å². The fraction of sp³-hybridized carbons (Fsp3) is 0.455. The second kappa shape index (κ2) is 13.3. The number of benzene rings is 2. The summed E-state index contributed by atoms with van der Waals surface area (Å²) in [6, 6.07) is 18.4. The molecule has 6 nitrogen and oxygen atoms in total. The lowest BCUT2D eigenvalue weighted by Gasteiger charge is -2.42. The smallest absolute Gasteiger partial charge is 0.133 e. The highest BCUT2D eigenvalue weighted by Crippen LogP contribution is 2.41. The maximum absolute atomic E-state index is 13.7. The molecule has 40 heavy (non-hydrogen) atoms. The van der Waals surface area contributed by atoms with Gasteiger partial charge >= 0.3 is 0 Å². The number of nitriles is 1. The zero-order chi connectivity index (χ0) is 28.8. The van der Waals surface area contributed by atoms with Crippen LogP contribution in [-0.2, 0) is 6.54 Å². The van der Waals surface area contributed by atoms with Crippen molar-refractivity contribution in [3.8, 4) is 23.4 Å². The topological polar surface area (TPSA) is 55.6 Å². The summed E-state index contributed by atoms with van der Waals surface area (Å²) < 4.78 is 19.1. The number of aromatic nitrogens is 1. The van der Waals surface area contributed by atoms with Crippen molar-refractivity contribution in [2.24, 2.45) is 0 Å². The SMILES string of the molecule is C#N.COc1ccc(CN2CCN(c3nc(C(C)C)c(-c4ccc(F)cc4)cc3[C@H]3CCCN3C)CC2C)cc1. The second-order valence-corrected chi connectivity index (χ2v) is 11.2. The summed E-state index contributed by atoms with van der Waals surface area (Å²) in [5.74, 6) is 2.08. The van der Waals surface area contributed by atoms with Gasteiger partial charge in [-0.15, -0.1) is 0 Å². The van der Waals surface area contributed by atoms with E-state index in [1.54, 1.807) is 19.2 Å². The average Bonchev–Trinajstić information content (AvgIpc) is 3.40. The Morgan fingerprint density at radius 3 is 2.33 bits per heavy atom. The Morgan fingerprint density at radius 1 is 1.05 bits per heavy atom. The van der Waals surface area contributed by atoms with Crippen LogP contribution in [0.5, 0.6) is 5.75 Å². The number of piperazine rings is 1. The van der Waals surface area contributed by atoms with Crippen molar-refractivity contribution < 1.29 is 9.13 Å². The summed E-state index contributed by atoms with van der Waals surface area (Å²) in [6.07, 6.45) is 2.34. The van der Waals surface area contributed by atoms with E-state index in [0.29, 0.717) is 12.1 Å². The molecule has 0 aliphatic carbocycles. The Kier molecular flexibility index (Phi) is 9.78. The first-order valence-corrected chi connectivity index (χ1v) is 14.2. The molecule has 2 saturated heterocycles. The van der Waals surface area contributed by atoms with E-state index in [2.05, 4.69) is 67.3 Å². The van der Waals surface area contributed by atoms with Gasteiger partial charge in [0.25, 0.3) is 0 Å². The molecule has 0 saturated carbocycles. The molecule has 0 bridgehead atoms. The number of hydrogen-bond acceptors (Lipinski definition) is 6. The molecule has 0 spiro atoms. The van der Waals surface area contributed by atoms with Crippen LogP contribution in [0.1, 0.15) is 62.4 Å². The summed E-state index contributed by atoms with van der Waals surface area (Å²) in [6.45, 7) is 15.2. The van der Waals surface area contributed by atoms with E-state index in [1.165, 1.54) is 17.5 Å². The van der Waals surface area contributed by atoms with Crippen molar-refractivity contribution in [3.05, 3.63) is 77.2 Å². The van der Waals surface area contributed by atoms with Crippen molar-refractivity contribution in [3.63, 3.8) is 0 Å². The van der Waals surface area contributed by atoms with Crippen molar-refractivity contribution in [2.75, 3.05) is 45.2 Å². The summed E-state index contributed by atoms with van der Waals surface area (Å²) in [5.41, 5.74) is 5.87. The van der Waals surface area contributed by atoms with E-state index in [9.17, 15) is 4.39 Å². The molecule has 2 fully saturated rings. The predicted octanol–water partition coefficient (Wildman–Crippen LogP) is 6.64. The van der Waals surface area contributed by atoms with Crippen LogP contribution in [0.15, 0.2) is 54.6 Å². The number of hydrogen-bond donors (Lipinski definition) is 0. The Labute approximate surface area is 239 Å². The van der Waals surface area contributed by atoms with Gasteiger partial charge in [0.15, 0.2) is 0 Å². The predicted molar refractivity (Wildman–Crippen MR) is 160 cm³/mol. The van der Waals surface area contributed by atoms with Gasteiger partial charge in [-0.2, -0.15) is 0 Å². The van der Waals surface area contributed by atoms with Crippen molar-refractivity contribution >= 4 is 5.82 Å². The zero-order valence-electron chi connectivity index (χ0n) is 24.5. The van der Waals surface area contributed by atoms with E-state index in [1.807, 2.05) is 24.3 Å². The average molecular weight is 544 g/mol. The van der Waals surface area contributed by atoms with E-state index in [4.69, 9.17) is 15.0 Å². The number of nitrogens with zero attached hydrogens (tertiary/aromatic N) is 5. The van der Waals surface area contributed by atoms with Gasteiger partial charge in [0, 0.05) is 56.0 Å². The Bertz CT molecular complexity index is 1270. The molecule has 2 aromatic carbocycles. The molecule has 5 rings (SSSR count). The van der Waals surface area contributed by atoms with Gasteiger partial charge in [0.1, 0.15) is 17.4 Å². The first-order chi connectivity index (χ1) is 19.3. The fourth-order valence-electron chi connectivity index (χ4n) is 6.02. The summed E-state index contributed by atoms with van der Waals surface area (Å²) in [4.78, 5) is 13.0. The van der Waals surface area contributed by atoms with Crippen LogP contribution in [0.3, 0.4) is 0 Å². The number of halogens is 1. The van der Waals surface area contributed by atoms with Gasteiger partial charge in [-0.25, -0.2) is 14.6 Å². The van der Waals surface area contributed by atoms with Crippen molar-refractivity contribution in [1.29, 1.82) is 5.26 Å². The van der Waals surface area contributed by atoms with Gasteiger partial charge in [-0.3, -0.25) is 9.80 Å². The molecule has 0 radical (unpaired) electrons. The fourth-order valence-corrected chi connectivity index (χ4v) is 6.02. The third-order valence-electron chi connectivity index (χ3n) is 8.25. The van der Waals surface area contributed by atoms with Crippen molar-refractivity contribution in [1.82, 2.24) is 14.8 Å². The summed E-state index contributed by atoms with van der Waals surface area (Å²) in [5, 5.41) is 6.50. The monoisotopic (exact) mass is 543 g/mol. The molecule has 0 amide bonds. The first kappa shape index (κ1) is 29.5. The van der Waals surface area contributed by atoms with Crippen LogP contribution in [0.4, 0.5) is 10.2 Å². The summed E-state index contributed by atoms with van der Waals surface area (Å²) in [7, 11) is 3.93. The quantitative estimate of drug-likeness (QED) is 0.333. The van der Waals surface area contributed by atoms with Crippen LogP contribution in [0, 0.1) is 17.7 Å². The van der Waals surface area contributed by atoms with Crippen LogP contribution >= 0.6 is 0 Å². The molecule has 1 unspecified atom stereocenters. The van der Waals surface area contributed by atoms with E-state index in [0.717, 1.165) is 67.5 Å². The second-order valence-electron chi connectivity index (χ2n) is 11.2. The number of pyridine rings is 1. The third kappa shape index (κ3) is 6.46.